The van der Waals surface area contributed by atoms with Gasteiger partial charge >= 0.3 is 39.5 Å². The lowest BCUT2D eigenvalue weighted by molar-refractivity contribution is -0.161. The number of phosphoric ester groups is 2. The molecule has 0 radical (unpaired) electrons. The first-order valence-corrected chi connectivity index (χ1v) is 42.8. The third-order valence-electron chi connectivity index (χ3n) is 17.9. The summed E-state index contributed by atoms with van der Waals surface area (Å²) >= 11 is 0. The van der Waals surface area contributed by atoms with Crippen molar-refractivity contribution in [3.05, 3.63) is 0 Å². The second kappa shape index (κ2) is 67.5. The van der Waals surface area contributed by atoms with E-state index >= 15 is 0 Å². The van der Waals surface area contributed by atoms with Gasteiger partial charge in [-0.05, 0) is 43.4 Å². The van der Waals surface area contributed by atoms with Gasteiger partial charge in [-0.3, -0.25) is 37.3 Å². The van der Waals surface area contributed by atoms with Crippen LogP contribution in [0, 0.1) is 17.8 Å². The molecule has 17 nitrogen and oxygen atoms in total. The number of hydrogen-bond acceptors (Lipinski definition) is 15. The van der Waals surface area contributed by atoms with Gasteiger partial charge in [0.2, 0.25) is 0 Å². The highest BCUT2D eigenvalue weighted by Gasteiger charge is 2.30. The Morgan fingerprint density at radius 1 is 0.281 bits per heavy atom. The summed E-state index contributed by atoms with van der Waals surface area (Å²) in [7, 11) is -9.91. The lowest BCUT2D eigenvalue weighted by Crippen LogP contribution is -2.30. The largest absolute Gasteiger partial charge is 0.472 e. The van der Waals surface area contributed by atoms with Crippen LogP contribution < -0.4 is 0 Å². The molecule has 0 aromatic carbocycles. The predicted octanol–water partition coefficient (Wildman–Crippen LogP) is 22.6. The van der Waals surface area contributed by atoms with Gasteiger partial charge < -0.3 is 33.8 Å². The van der Waals surface area contributed by atoms with E-state index in [9.17, 15) is 43.2 Å². The van der Waals surface area contributed by atoms with E-state index in [1.807, 2.05) is 0 Å². The number of aliphatic hydroxyl groups excluding tert-OH is 1. The van der Waals surface area contributed by atoms with Crippen LogP contribution in [-0.4, -0.2) is 96.7 Å². The van der Waals surface area contributed by atoms with Gasteiger partial charge in [0.1, 0.15) is 19.3 Å². The topological polar surface area (TPSA) is 237 Å². The molecule has 0 aliphatic rings. The molecule has 0 spiro atoms. The molecular weight excluding hydrogens is 1260 g/mol. The fraction of sp³-hybridized carbons (Fsp3) is 0.948. The summed E-state index contributed by atoms with van der Waals surface area (Å²) in [6, 6.07) is 0. The maximum atomic E-state index is 13.1. The van der Waals surface area contributed by atoms with Crippen molar-refractivity contribution >= 4 is 39.5 Å². The van der Waals surface area contributed by atoms with Gasteiger partial charge in [0.05, 0.1) is 26.4 Å². The summed E-state index contributed by atoms with van der Waals surface area (Å²) in [5.74, 6) is 0.105. The Hall–Kier alpha value is -1.94. The van der Waals surface area contributed by atoms with Crippen molar-refractivity contribution in [1.29, 1.82) is 0 Å². The number of carbonyl (C=O) groups excluding carboxylic acids is 4. The van der Waals surface area contributed by atoms with Crippen LogP contribution in [0.5, 0.6) is 0 Å². The molecule has 0 saturated carbocycles. The molecule has 0 rings (SSSR count). The van der Waals surface area contributed by atoms with Crippen molar-refractivity contribution in [3.8, 4) is 0 Å². The second-order valence-electron chi connectivity index (χ2n) is 29.2. The highest BCUT2D eigenvalue weighted by molar-refractivity contribution is 7.47. The smallest absolute Gasteiger partial charge is 0.462 e. The van der Waals surface area contributed by atoms with Crippen LogP contribution in [0.15, 0.2) is 0 Å². The van der Waals surface area contributed by atoms with Gasteiger partial charge in [0.25, 0.3) is 0 Å². The van der Waals surface area contributed by atoms with Crippen molar-refractivity contribution in [2.24, 2.45) is 17.8 Å². The summed E-state index contributed by atoms with van der Waals surface area (Å²) in [4.78, 5) is 72.8. The molecule has 0 aromatic heterocycles. The molecule has 0 saturated heterocycles. The van der Waals surface area contributed by atoms with Crippen molar-refractivity contribution in [2.45, 2.75) is 414 Å². The molecule has 19 heteroatoms. The molecule has 570 valence electrons. The van der Waals surface area contributed by atoms with Crippen LogP contribution in [0.4, 0.5) is 0 Å². The Morgan fingerprint density at radius 3 is 0.708 bits per heavy atom. The van der Waals surface area contributed by atoms with E-state index in [4.69, 9.17) is 37.0 Å². The van der Waals surface area contributed by atoms with Crippen LogP contribution in [-0.2, 0) is 65.4 Å². The molecule has 96 heavy (non-hydrogen) atoms. The Balaban J connectivity index is 5.22. The van der Waals surface area contributed by atoms with Gasteiger partial charge in [-0.2, -0.15) is 0 Å². The quantitative estimate of drug-likeness (QED) is 0.0222. The molecule has 5 atom stereocenters. The van der Waals surface area contributed by atoms with Crippen LogP contribution in [0.1, 0.15) is 395 Å². The molecule has 2 unspecified atom stereocenters. The maximum absolute atomic E-state index is 13.1. The van der Waals surface area contributed by atoms with E-state index < -0.39 is 97.5 Å². The molecule has 0 aliphatic carbocycles. The number of unbranched alkanes of at least 4 members (excludes halogenated alkanes) is 43. The Labute approximate surface area is 588 Å². The van der Waals surface area contributed by atoms with Crippen molar-refractivity contribution in [1.82, 2.24) is 0 Å². The second-order valence-corrected chi connectivity index (χ2v) is 32.1. The maximum Gasteiger partial charge on any atom is 0.472 e. The molecule has 0 aromatic rings. The normalized spacial score (nSPS) is 14.1. The monoisotopic (exact) mass is 1410 g/mol. The lowest BCUT2D eigenvalue weighted by atomic mass is 10.0. The minimum Gasteiger partial charge on any atom is -0.462 e. The van der Waals surface area contributed by atoms with Gasteiger partial charge in [0, 0.05) is 25.7 Å². The number of hydrogen-bond donors (Lipinski definition) is 3. The zero-order valence-corrected chi connectivity index (χ0v) is 64.6. The first-order valence-electron chi connectivity index (χ1n) is 39.8. The first-order chi connectivity index (χ1) is 46.2. The predicted molar refractivity (Wildman–Crippen MR) is 391 cm³/mol. The number of rotatable bonds is 75. The van der Waals surface area contributed by atoms with Gasteiger partial charge in [-0.25, -0.2) is 9.13 Å². The number of phosphoric acid groups is 2. The van der Waals surface area contributed by atoms with Crippen molar-refractivity contribution in [3.63, 3.8) is 0 Å². The van der Waals surface area contributed by atoms with Crippen LogP contribution in [0.25, 0.3) is 0 Å². The molecule has 3 N–H and O–H groups in total. The number of ether oxygens (including phenoxy) is 4. The van der Waals surface area contributed by atoms with Crippen LogP contribution in [0.2, 0.25) is 0 Å². The Kier molecular flexibility index (Phi) is 66.2. The fourth-order valence-electron chi connectivity index (χ4n) is 11.8. The van der Waals surface area contributed by atoms with Crippen LogP contribution in [0.3, 0.4) is 0 Å². The zero-order chi connectivity index (χ0) is 70.9. The molecule has 0 bridgehead atoms. The van der Waals surface area contributed by atoms with Crippen LogP contribution >= 0.6 is 15.6 Å². The SMILES string of the molecule is CCCCCCCCCCCCCCCCCCCCCCC(=O)O[C@H](COC(=O)CCCCCCCCCCCC(C)C)COP(=O)(O)OC[C@@H](O)COP(=O)(O)OC[C@@H](COC(=O)CCCCCCCCCCCC(C)C)OC(=O)CCCCCCCCCCCC(C)C. The number of carbonyl (C=O) groups is 4. The average Bonchev–Trinajstić information content (AvgIpc) is 1.52. The van der Waals surface area contributed by atoms with E-state index in [1.54, 1.807) is 0 Å². The van der Waals surface area contributed by atoms with Gasteiger partial charge in [0.15, 0.2) is 12.2 Å². The molecular formula is C77H150O17P2. The highest BCUT2D eigenvalue weighted by atomic mass is 31.2. The molecule has 0 fully saturated rings. The lowest BCUT2D eigenvalue weighted by Gasteiger charge is -2.21. The number of esters is 4. The van der Waals surface area contributed by atoms with E-state index in [-0.39, 0.29) is 25.7 Å². The standard InChI is InChI=1S/C77H150O17P2/c1-8-9-10-11-12-13-14-15-16-17-18-19-20-21-22-23-30-39-46-53-60-76(81)93-72(64-87-74(79)58-51-44-37-31-24-27-34-41-48-55-68(2)3)66-91-95(83,84)89-62-71(78)63-90-96(85,86)92-67-73(94-77(82)61-54-47-40-33-26-29-36-43-50-57-70(6)7)65-88-75(80)59-52-45-38-32-25-28-35-42-49-56-69(4)5/h68-73,78H,8-67H2,1-7H3,(H,83,84)(H,85,86)/t71-,72-,73-/m1/s1. The Morgan fingerprint density at radius 2 is 0.479 bits per heavy atom. The van der Waals surface area contributed by atoms with Crippen molar-refractivity contribution < 1.29 is 80.2 Å². The summed E-state index contributed by atoms with van der Waals surface area (Å²) in [5.41, 5.74) is 0. The highest BCUT2D eigenvalue weighted by Crippen LogP contribution is 2.45. The summed E-state index contributed by atoms with van der Waals surface area (Å²) in [6.45, 7) is 11.8. The third-order valence-corrected chi connectivity index (χ3v) is 19.8. The average molecular weight is 1410 g/mol. The minimum atomic E-state index is -4.96. The molecule has 0 amide bonds. The van der Waals surface area contributed by atoms with E-state index in [0.717, 1.165) is 108 Å². The summed E-state index contributed by atoms with van der Waals surface area (Å²) < 4.78 is 68.5. The van der Waals surface area contributed by atoms with E-state index in [1.165, 1.54) is 205 Å². The molecule has 0 aliphatic heterocycles. The third kappa shape index (κ3) is 70.5. The summed E-state index contributed by atoms with van der Waals surface area (Å²) in [5, 5.41) is 10.6. The molecule has 0 heterocycles. The van der Waals surface area contributed by atoms with Gasteiger partial charge in [-0.1, -0.05) is 344 Å². The van der Waals surface area contributed by atoms with Gasteiger partial charge in [-0.15, -0.1) is 0 Å². The van der Waals surface area contributed by atoms with Crippen molar-refractivity contribution in [2.75, 3.05) is 39.6 Å². The van der Waals surface area contributed by atoms with E-state index in [2.05, 4.69) is 48.5 Å². The Bertz CT molecular complexity index is 1870. The minimum absolute atomic E-state index is 0.105. The first kappa shape index (κ1) is 94.1. The summed E-state index contributed by atoms with van der Waals surface area (Å²) in [6.07, 6.45) is 54.2. The number of aliphatic hydroxyl groups is 1. The fourth-order valence-corrected chi connectivity index (χ4v) is 13.4. The zero-order valence-electron chi connectivity index (χ0n) is 62.8. The van der Waals surface area contributed by atoms with E-state index in [0.29, 0.717) is 25.7 Å².